The molecule has 1 aromatic carbocycles. The molecule has 2 rings (SSSR count). The molecule has 1 saturated heterocycles. The van der Waals surface area contributed by atoms with E-state index in [1.165, 1.54) is 5.56 Å². The van der Waals surface area contributed by atoms with Crippen molar-refractivity contribution in [3.8, 4) is 0 Å². The number of nitrogens with zero attached hydrogens (tertiary/aromatic N) is 1. The van der Waals surface area contributed by atoms with Gasteiger partial charge in [-0.1, -0.05) is 32.0 Å². The van der Waals surface area contributed by atoms with Crippen molar-refractivity contribution in [2.24, 2.45) is 0 Å². The van der Waals surface area contributed by atoms with Gasteiger partial charge in [-0.15, -0.1) is 0 Å². The third kappa shape index (κ3) is 4.70. The molecule has 1 N–H and O–H groups in total. The van der Waals surface area contributed by atoms with Gasteiger partial charge in [-0.05, 0) is 24.0 Å². The normalized spacial score (nSPS) is 19.7. The van der Waals surface area contributed by atoms with Gasteiger partial charge < -0.3 is 10.2 Å². The smallest absolute Gasteiger partial charge is 0.224 e. The Balaban J connectivity index is 1.86. The first-order valence-electron chi connectivity index (χ1n) is 8.09. The van der Waals surface area contributed by atoms with Gasteiger partial charge in [-0.25, -0.2) is 8.42 Å². The van der Waals surface area contributed by atoms with Crippen LogP contribution in [0.5, 0.6) is 0 Å². The van der Waals surface area contributed by atoms with Gasteiger partial charge in [0.05, 0.1) is 11.5 Å². The lowest BCUT2D eigenvalue weighted by molar-refractivity contribution is -0.131. The van der Waals surface area contributed by atoms with E-state index in [0.717, 1.165) is 5.69 Å². The van der Waals surface area contributed by atoms with Crippen LogP contribution in [0.25, 0.3) is 0 Å². The molecule has 0 aromatic heterocycles. The van der Waals surface area contributed by atoms with Crippen LogP contribution in [0.1, 0.15) is 38.2 Å². The van der Waals surface area contributed by atoms with E-state index in [1.54, 1.807) is 11.9 Å². The van der Waals surface area contributed by atoms with Crippen LogP contribution >= 0.6 is 0 Å². The molecule has 1 atom stereocenters. The van der Waals surface area contributed by atoms with E-state index >= 15 is 0 Å². The Morgan fingerprint density at radius 3 is 2.65 bits per heavy atom. The molecule has 1 aliphatic heterocycles. The highest BCUT2D eigenvalue weighted by Crippen LogP contribution is 2.23. The van der Waals surface area contributed by atoms with Crippen LogP contribution in [0.4, 0.5) is 5.69 Å². The van der Waals surface area contributed by atoms with Crippen molar-refractivity contribution in [1.29, 1.82) is 0 Å². The minimum Gasteiger partial charge on any atom is -0.384 e. The van der Waals surface area contributed by atoms with Crippen molar-refractivity contribution >= 4 is 21.4 Å². The molecule has 1 aliphatic rings. The zero-order chi connectivity index (χ0) is 17.0. The maximum atomic E-state index is 12.2. The lowest BCUT2D eigenvalue weighted by Crippen LogP contribution is -2.38. The molecular formula is C17H26N2O3S. The highest BCUT2D eigenvalue weighted by atomic mass is 32.2. The summed E-state index contributed by atoms with van der Waals surface area (Å²) in [5.41, 5.74) is 2.29. The summed E-state index contributed by atoms with van der Waals surface area (Å²) < 4.78 is 23.0. The van der Waals surface area contributed by atoms with Gasteiger partial charge in [0.1, 0.15) is 0 Å². The molecular weight excluding hydrogens is 312 g/mol. The molecule has 23 heavy (non-hydrogen) atoms. The van der Waals surface area contributed by atoms with E-state index in [0.29, 0.717) is 25.3 Å². The van der Waals surface area contributed by atoms with Gasteiger partial charge in [0.15, 0.2) is 9.84 Å². The fourth-order valence-electron chi connectivity index (χ4n) is 2.93. The Morgan fingerprint density at radius 2 is 2.04 bits per heavy atom. The number of nitrogens with one attached hydrogen (secondary N) is 1. The maximum Gasteiger partial charge on any atom is 0.224 e. The molecule has 0 spiro atoms. The van der Waals surface area contributed by atoms with Crippen LogP contribution < -0.4 is 5.32 Å². The number of amides is 1. The fraction of sp³-hybridized carbons (Fsp3) is 0.588. The Hall–Kier alpha value is -1.56. The Kier molecular flexibility index (Phi) is 5.68. The lowest BCUT2D eigenvalue weighted by Gasteiger charge is -2.23. The van der Waals surface area contributed by atoms with Gasteiger partial charge in [-0.3, -0.25) is 4.79 Å². The summed E-state index contributed by atoms with van der Waals surface area (Å²) in [4.78, 5) is 13.8. The largest absolute Gasteiger partial charge is 0.384 e. The average molecular weight is 338 g/mol. The highest BCUT2D eigenvalue weighted by Gasteiger charge is 2.32. The van der Waals surface area contributed by atoms with Crippen molar-refractivity contribution in [2.75, 3.05) is 30.4 Å². The van der Waals surface area contributed by atoms with E-state index < -0.39 is 9.84 Å². The lowest BCUT2D eigenvalue weighted by atomic mass is 10.0. The number of anilines is 1. The maximum absolute atomic E-state index is 12.2. The molecule has 128 valence electrons. The zero-order valence-corrected chi connectivity index (χ0v) is 14.9. The van der Waals surface area contributed by atoms with Gasteiger partial charge in [0.25, 0.3) is 0 Å². The van der Waals surface area contributed by atoms with Gasteiger partial charge in [0, 0.05) is 31.7 Å². The number of benzene rings is 1. The Morgan fingerprint density at radius 1 is 1.35 bits per heavy atom. The summed E-state index contributed by atoms with van der Waals surface area (Å²) in [5.74, 6) is 0.691. The number of hydrogen-bond acceptors (Lipinski definition) is 4. The van der Waals surface area contributed by atoms with E-state index in [4.69, 9.17) is 0 Å². The first-order chi connectivity index (χ1) is 10.8. The molecule has 0 saturated carbocycles. The molecule has 0 bridgehead atoms. The first-order valence-corrected chi connectivity index (χ1v) is 9.91. The summed E-state index contributed by atoms with van der Waals surface area (Å²) in [6.45, 7) is 4.83. The molecule has 1 aromatic rings. The van der Waals surface area contributed by atoms with E-state index in [1.807, 2.05) is 18.2 Å². The average Bonchev–Trinajstić information content (AvgIpc) is 2.86. The van der Waals surface area contributed by atoms with Crippen LogP contribution in [-0.2, 0) is 14.6 Å². The number of sulfone groups is 1. The number of hydrogen-bond donors (Lipinski definition) is 1. The molecule has 0 aliphatic carbocycles. The third-order valence-electron chi connectivity index (χ3n) is 4.39. The van der Waals surface area contributed by atoms with Crippen molar-refractivity contribution in [3.05, 3.63) is 29.8 Å². The first kappa shape index (κ1) is 17.8. The monoisotopic (exact) mass is 338 g/mol. The molecule has 5 nitrogen and oxygen atoms in total. The summed E-state index contributed by atoms with van der Waals surface area (Å²) in [6.07, 6.45) is 0.910. The minimum atomic E-state index is -2.96. The molecule has 6 heteroatoms. The molecule has 1 fully saturated rings. The summed E-state index contributed by atoms with van der Waals surface area (Å²) >= 11 is 0. The fourth-order valence-corrected chi connectivity index (χ4v) is 4.70. The van der Waals surface area contributed by atoms with Crippen molar-refractivity contribution in [3.63, 3.8) is 0 Å². The van der Waals surface area contributed by atoms with Gasteiger partial charge in [0.2, 0.25) is 5.91 Å². The minimum absolute atomic E-state index is 0.0124. The third-order valence-corrected chi connectivity index (χ3v) is 6.14. The Labute approximate surface area is 139 Å². The number of rotatable bonds is 6. The van der Waals surface area contributed by atoms with Crippen molar-refractivity contribution in [2.45, 2.75) is 38.6 Å². The summed E-state index contributed by atoms with van der Waals surface area (Å²) in [6, 6.07) is 7.93. The van der Waals surface area contributed by atoms with Gasteiger partial charge >= 0.3 is 0 Å². The highest BCUT2D eigenvalue weighted by molar-refractivity contribution is 7.91. The summed E-state index contributed by atoms with van der Waals surface area (Å²) in [5, 5.41) is 3.32. The SMILES string of the molecule is CC(C)c1ccccc1NCCC(=O)N(C)C1CCS(=O)(=O)C1. The van der Waals surface area contributed by atoms with Crippen molar-refractivity contribution < 1.29 is 13.2 Å². The zero-order valence-electron chi connectivity index (χ0n) is 14.1. The number of para-hydroxylation sites is 1. The van der Waals surface area contributed by atoms with Crippen LogP contribution in [0.3, 0.4) is 0 Å². The van der Waals surface area contributed by atoms with Crippen LogP contribution in [0, 0.1) is 0 Å². The van der Waals surface area contributed by atoms with E-state index in [9.17, 15) is 13.2 Å². The second-order valence-electron chi connectivity index (χ2n) is 6.48. The molecule has 0 radical (unpaired) electrons. The molecule has 1 amide bonds. The number of carbonyl (C=O) groups is 1. The molecule has 1 unspecified atom stereocenters. The summed E-state index contributed by atoms with van der Waals surface area (Å²) in [7, 11) is -1.26. The quantitative estimate of drug-likeness (QED) is 0.864. The standard InChI is InChI=1S/C17H26N2O3S/c1-13(2)15-6-4-5-7-16(15)18-10-8-17(20)19(3)14-9-11-23(21,22)12-14/h4-7,13-14,18H,8-12H2,1-3H3. The second kappa shape index (κ2) is 7.34. The van der Waals surface area contributed by atoms with Crippen LogP contribution in [0.15, 0.2) is 24.3 Å². The Bertz CT molecular complexity index is 656. The predicted octanol–water partition coefficient (Wildman–Crippen LogP) is 2.26. The van der Waals surface area contributed by atoms with E-state index in [-0.39, 0.29) is 23.5 Å². The van der Waals surface area contributed by atoms with E-state index in [2.05, 4.69) is 25.2 Å². The van der Waals surface area contributed by atoms with Crippen molar-refractivity contribution in [1.82, 2.24) is 4.90 Å². The molecule has 1 heterocycles. The van der Waals surface area contributed by atoms with Crippen LogP contribution in [0.2, 0.25) is 0 Å². The van der Waals surface area contributed by atoms with Gasteiger partial charge in [-0.2, -0.15) is 0 Å². The number of carbonyl (C=O) groups excluding carboxylic acids is 1. The predicted molar refractivity (Wildman–Crippen MR) is 93.5 cm³/mol. The topological polar surface area (TPSA) is 66.5 Å². The second-order valence-corrected chi connectivity index (χ2v) is 8.71. The van der Waals surface area contributed by atoms with Crippen LogP contribution in [-0.4, -0.2) is 50.4 Å².